The first-order valence-corrected chi connectivity index (χ1v) is 8.78. The molecule has 2 heterocycles. The van der Waals surface area contributed by atoms with Gasteiger partial charge < -0.3 is 11.1 Å². The van der Waals surface area contributed by atoms with Gasteiger partial charge in [0.1, 0.15) is 0 Å². The van der Waals surface area contributed by atoms with E-state index in [4.69, 9.17) is 5.73 Å². The minimum Gasteiger partial charge on any atom is -0.347 e. The third-order valence-electron chi connectivity index (χ3n) is 4.34. The van der Waals surface area contributed by atoms with Gasteiger partial charge in [0.15, 0.2) is 5.69 Å². The lowest BCUT2D eigenvalue weighted by Crippen LogP contribution is -2.41. The first-order valence-electron chi connectivity index (χ1n) is 8.78. The van der Waals surface area contributed by atoms with Gasteiger partial charge in [0.25, 0.3) is 5.91 Å². The molecule has 0 aliphatic heterocycles. The first kappa shape index (κ1) is 23.8. The van der Waals surface area contributed by atoms with E-state index in [1.807, 2.05) is 37.3 Å². The molecule has 28 heavy (non-hydrogen) atoms. The van der Waals surface area contributed by atoms with Crippen molar-refractivity contribution in [2.24, 2.45) is 11.7 Å². The molecule has 1 atom stereocenters. The molecule has 1 amide bonds. The number of nitrogens with two attached hydrogens (primary N) is 1. The number of nitrogens with zero attached hydrogens (tertiary/aromatic N) is 4. The lowest BCUT2D eigenvalue weighted by molar-refractivity contribution is 0.0928. The van der Waals surface area contributed by atoms with Crippen molar-refractivity contribution in [3.05, 3.63) is 47.9 Å². The number of carbonyl (C=O) groups excluding carboxylic acids is 1. The van der Waals surface area contributed by atoms with Crippen molar-refractivity contribution in [1.29, 1.82) is 0 Å². The Labute approximate surface area is 176 Å². The predicted octanol–water partition coefficient (Wildman–Crippen LogP) is 3.07. The van der Waals surface area contributed by atoms with Crippen LogP contribution >= 0.6 is 24.8 Å². The zero-order valence-corrected chi connectivity index (χ0v) is 17.8. The number of aromatic nitrogens is 4. The van der Waals surface area contributed by atoms with Crippen LogP contribution in [0.2, 0.25) is 0 Å². The summed E-state index contributed by atoms with van der Waals surface area (Å²) < 4.78 is 1.68. The SMILES string of the molecule is Cc1c(C(=O)NC(CN)CC(C)C)nnn1-c1cccc2ncccc12.Cl.Cl. The fraction of sp³-hybridized carbons (Fsp3) is 0.368. The van der Waals surface area contributed by atoms with Crippen LogP contribution in [0.1, 0.15) is 36.5 Å². The van der Waals surface area contributed by atoms with Gasteiger partial charge in [-0.05, 0) is 43.5 Å². The topological polar surface area (TPSA) is 98.7 Å². The average molecular weight is 425 g/mol. The highest BCUT2D eigenvalue weighted by atomic mass is 35.5. The highest BCUT2D eigenvalue weighted by Gasteiger charge is 2.21. The Bertz CT molecular complexity index is 922. The molecular weight excluding hydrogens is 399 g/mol. The zero-order valence-electron chi connectivity index (χ0n) is 16.1. The summed E-state index contributed by atoms with van der Waals surface area (Å²) in [5, 5.41) is 12.2. The van der Waals surface area contributed by atoms with E-state index >= 15 is 0 Å². The van der Waals surface area contributed by atoms with Crippen LogP contribution in [0.4, 0.5) is 0 Å². The van der Waals surface area contributed by atoms with Gasteiger partial charge in [-0.2, -0.15) is 0 Å². The van der Waals surface area contributed by atoms with Crippen LogP contribution in [-0.2, 0) is 0 Å². The number of rotatable bonds is 6. The van der Waals surface area contributed by atoms with E-state index in [1.165, 1.54) is 0 Å². The molecule has 0 saturated carbocycles. The van der Waals surface area contributed by atoms with Gasteiger partial charge in [-0.1, -0.05) is 25.1 Å². The van der Waals surface area contributed by atoms with Gasteiger partial charge in [-0.15, -0.1) is 29.9 Å². The van der Waals surface area contributed by atoms with Crippen molar-refractivity contribution >= 4 is 41.6 Å². The van der Waals surface area contributed by atoms with Gasteiger partial charge in [-0.25, -0.2) is 4.68 Å². The highest BCUT2D eigenvalue weighted by Crippen LogP contribution is 2.21. The maximum Gasteiger partial charge on any atom is 0.274 e. The summed E-state index contributed by atoms with van der Waals surface area (Å²) in [5.74, 6) is 0.201. The second-order valence-electron chi connectivity index (χ2n) is 6.82. The monoisotopic (exact) mass is 424 g/mol. The molecule has 1 unspecified atom stereocenters. The molecule has 0 saturated heterocycles. The fourth-order valence-corrected chi connectivity index (χ4v) is 3.08. The van der Waals surface area contributed by atoms with Crippen LogP contribution in [0.5, 0.6) is 0 Å². The van der Waals surface area contributed by atoms with Crippen LogP contribution in [-0.4, -0.2) is 38.5 Å². The smallest absolute Gasteiger partial charge is 0.274 e. The average Bonchev–Trinajstić information content (AvgIpc) is 3.01. The molecule has 0 aliphatic carbocycles. The lowest BCUT2D eigenvalue weighted by atomic mass is 10.0. The van der Waals surface area contributed by atoms with Crippen molar-refractivity contribution in [2.45, 2.75) is 33.2 Å². The number of fused-ring (bicyclic) bond motifs is 1. The number of pyridine rings is 1. The summed E-state index contributed by atoms with van der Waals surface area (Å²) in [6, 6.07) is 9.58. The Morgan fingerprint density at radius 1 is 1.21 bits per heavy atom. The molecule has 0 aliphatic rings. The van der Waals surface area contributed by atoms with Crippen LogP contribution in [0.3, 0.4) is 0 Å². The predicted molar refractivity (Wildman–Crippen MR) is 116 cm³/mol. The normalized spacial score (nSPS) is 11.6. The molecule has 0 spiro atoms. The summed E-state index contributed by atoms with van der Waals surface area (Å²) in [6.45, 7) is 6.44. The number of benzene rings is 1. The fourth-order valence-electron chi connectivity index (χ4n) is 3.08. The standard InChI is InChI=1S/C19H24N6O.2ClH/c1-12(2)10-14(11-20)22-19(26)18-13(3)25(24-23-18)17-8-4-7-16-15(17)6-5-9-21-16;;/h4-9,12,14H,10-11,20H2,1-3H3,(H,22,26);2*1H. The van der Waals surface area contributed by atoms with Crippen molar-refractivity contribution in [1.82, 2.24) is 25.3 Å². The van der Waals surface area contributed by atoms with Crippen molar-refractivity contribution in [3.63, 3.8) is 0 Å². The Morgan fingerprint density at radius 3 is 2.64 bits per heavy atom. The second kappa shape index (κ2) is 10.4. The molecule has 3 rings (SSSR count). The molecule has 2 aromatic heterocycles. The summed E-state index contributed by atoms with van der Waals surface area (Å²) >= 11 is 0. The molecule has 7 nitrogen and oxygen atoms in total. The van der Waals surface area contributed by atoms with Gasteiger partial charge >= 0.3 is 0 Å². The number of carbonyl (C=O) groups is 1. The number of amides is 1. The van der Waals surface area contributed by atoms with Gasteiger partial charge in [0, 0.05) is 24.2 Å². The van der Waals surface area contributed by atoms with Gasteiger partial charge in [0.05, 0.1) is 16.9 Å². The van der Waals surface area contributed by atoms with E-state index in [0.717, 1.165) is 23.0 Å². The Morgan fingerprint density at radius 2 is 1.96 bits per heavy atom. The van der Waals surface area contributed by atoms with Crippen LogP contribution in [0, 0.1) is 12.8 Å². The summed E-state index contributed by atoms with van der Waals surface area (Å²) in [6.07, 6.45) is 2.57. The molecule has 3 aromatic rings. The number of hydrogen-bond acceptors (Lipinski definition) is 5. The third-order valence-corrected chi connectivity index (χ3v) is 4.34. The second-order valence-corrected chi connectivity index (χ2v) is 6.82. The molecule has 0 fully saturated rings. The van der Waals surface area contributed by atoms with Gasteiger partial charge in [-0.3, -0.25) is 9.78 Å². The van der Waals surface area contributed by atoms with E-state index in [2.05, 4.69) is 34.5 Å². The lowest BCUT2D eigenvalue weighted by Gasteiger charge is -2.18. The number of hydrogen-bond donors (Lipinski definition) is 2. The summed E-state index contributed by atoms with van der Waals surface area (Å²) in [5.41, 5.74) is 8.49. The van der Waals surface area contributed by atoms with Crippen LogP contribution in [0.25, 0.3) is 16.6 Å². The molecule has 0 radical (unpaired) electrons. The van der Waals surface area contributed by atoms with Crippen molar-refractivity contribution in [2.75, 3.05) is 6.54 Å². The molecule has 0 bridgehead atoms. The van der Waals surface area contributed by atoms with E-state index in [0.29, 0.717) is 23.9 Å². The Hall–Kier alpha value is -2.22. The van der Waals surface area contributed by atoms with Crippen LogP contribution < -0.4 is 11.1 Å². The Balaban J connectivity index is 0.00000196. The zero-order chi connectivity index (χ0) is 18.7. The van der Waals surface area contributed by atoms with E-state index in [1.54, 1.807) is 10.9 Å². The minimum atomic E-state index is -0.247. The Kier molecular flexibility index (Phi) is 8.81. The molecule has 152 valence electrons. The van der Waals surface area contributed by atoms with E-state index in [-0.39, 0.29) is 36.8 Å². The third kappa shape index (κ3) is 4.98. The molecule has 9 heteroatoms. The molecular formula is C19H26Cl2N6O. The quantitative estimate of drug-likeness (QED) is 0.633. The van der Waals surface area contributed by atoms with Crippen LogP contribution in [0.15, 0.2) is 36.5 Å². The van der Waals surface area contributed by atoms with E-state index in [9.17, 15) is 4.79 Å². The first-order chi connectivity index (χ1) is 12.5. The van der Waals surface area contributed by atoms with Crippen molar-refractivity contribution < 1.29 is 4.79 Å². The van der Waals surface area contributed by atoms with Gasteiger partial charge in [0.2, 0.25) is 0 Å². The number of halogens is 2. The minimum absolute atomic E-state index is 0. The van der Waals surface area contributed by atoms with E-state index < -0.39 is 0 Å². The molecule has 3 N–H and O–H groups in total. The maximum atomic E-state index is 12.6. The number of nitrogens with one attached hydrogen (secondary N) is 1. The maximum absolute atomic E-state index is 12.6. The summed E-state index contributed by atoms with van der Waals surface area (Å²) in [7, 11) is 0. The van der Waals surface area contributed by atoms with Crippen molar-refractivity contribution in [3.8, 4) is 5.69 Å². The highest BCUT2D eigenvalue weighted by molar-refractivity contribution is 5.94. The molecule has 1 aromatic carbocycles. The summed E-state index contributed by atoms with van der Waals surface area (Å²) in [4.78, 5) is 17.0. The largest absolute Gasteiger partial charge is 0.347 e.